The molecule has 0 unspecified atom stereocenters. The average molecular weight is 699 g/mol. The van der Waals surface area contributed by atoms with Gasteiger partial charge in [-0.3, -0.25) is 0 Å². The van der Waals surface area contributed by atoms with E-state index in [1.165, 1.54) is 0 Å². The Hall–Kier alpha value is -6.96. The lowest BCUT2D eigenvalue weighted by atomic mass is 10.00. The van der Waals surface area contributed by atoms with Crippen LogP contribution in [-0.2, 0) is 0 Å². The SMILES string of the molecule is c1ccc(-c2nc(-c3cccc(-c4cccc5c4oc4ccccc45)c3)nc(-c3cccc4oc5cccc(-c6nc7ccccc7s6)c5c34)n2)cc1. The molecule has 7 aromatic carbocycles. The minimum absolute atomic E-state index is 0.561. The number of furan rings is 2. The smallest absolute Gasteiger partial charge is 0.164 e. The summed E-state index contributed by atoms with van der Waals surface area (Å²) in [6.45, 7) is 0. The maximum atomic E-state index is 6.50. The van der Waals surface area contributed by atoms with Crippen molar-refractivity contribution in [1.82, 2.24) is 19.9 Å². The van der Waals surface area contributed by atoms with Crippen LogP contribution in [0.5, 0.6) is 0 Å². The van der Waals surface area contributed by atoms with Gasteiger partial charge in [0.05, 0.1) is 10.2 Å². The van der Waals surface area contributed by atoms with Crippen molar-refractivity contribution in [2.75, 3.05) is 0 Å². The van der Waals surface area contributed by atoms with E-state index in [0.717, 1.165) is 92.5 Å². The van der Waals surface area contributed by atoms with E-state index in [-0.39, 0.29) is 0 Å². The lowest BCUT2D eigenvalue weighted by molar-refractivity contribution is 0.669. The molecule has 6 nitrogen and oxygen atoms in total. The lowest BCUT2D eigenvalue weighted by Gasteiger charge is -2.11. The first-order valence-corrected chi connectivity index (χ1v) is 18.2. The van der Waals surface area contributed by atoms with Crippen molar-refractivity contribution >= 4 is 65.4 Å². The molecule has 0 aliphatic rings. The second-order valence-electron chi connectivity index (χ2n) is 13.0. The van der Waals surface area contributed by atoms with E-state index < -0.39 is 0 Å². The quantitative estimate of drug-likeness (QED) is 0.178. The summed E-state index contributed by atoms with van der Waals surface area (Å²) in [7, 11) is 0. The maximum absolute atomic E-state index is 6.50. The van der Waals surface area contributed by atoms with Gasteiger partial charge in [0, 0.05) is 49.4 Å². The van der Waals surface area contributed by atoms with E-state index >= 15 is 0 Å². The van der Waals surface area contributed by atoms with Crippen LogP contribution in [0.4, 0.5) is 0 Å². The highest BCUT2D eigenvalue weighted by molar-refractivity contribution is 7.21. The van der Waals surface area contributed by atoms with Gasteiger partial charge in [-0.25, -0.2) is 19.9 Å². The standard InChI is InChI=1S/C46H26N4O2S/c1-2-12-27(13-3-1)43-48-44(29-15-8-14-28(26-29)30-17-9-18-32-31-16-4-6-22-36(31)52-42(30)32)50-45(49-43)33-19-10-23-37-40(33)41-34(20-11-24-38(41)51-37)46-47-35-21-5-7-25-39(35)53-46/h1-26H. The monoisotopic (exact) mass is 698 g/mol. The maximum Gasteiger partial charge on any atom is 0.164 e. The summed E-state index contributed by atoms with van der Waals surface area (Å²) >= 11 is 1.68. The highest BCUT2D eigenvalue weighted by Gasteiger charge is 2.21. The van der Waals surface area contributed by atoms with Gasteiger partial charge in [-0.1, -0.05) is 121 Å². The molecule has 0 radical (unpaired) electrons. The molecule has 0 saturated heterocycles. The minimum Gasteiger partial charge on any atom is -0.456 e. The van der Waals surface area contributed by atoms with Gasteiger partial charge in [-0.15, -0.1) is 11.3 Å². The van der Waals surface area contributed by atoms with E-state index in [1.807, 2.05) is 91.0 Å². The molecule has 0 aliphatic heterocycles. The number of fused-ring (bicyclic) bond motifs is 7. The summed E-state index contributed by atoms with van der Waals surface area (Å²) in [5.41, 5.74) is 9.92. The van der Waals surface area contributed by atoms with Crippen LogP contribution >= 0.6 is 11.3 Å². The van der Waals surface area contributed by atoms with Gasteiger partial charge in [0.15, 0.2) is 17.5 Å². The zero-order valence-corrected chi connectivity index (χ0v) is 28.8. The van der Waals surface area contributed by atoms with Crippen LogP contribution in [0, 0.1) is 0 Å². The van der Waals surface area contributed by atoms with Crippen LogP contribution in [-0.4, -0.2) is 19.9 Å². The van der Waals surface area contributed by atoms with Crippen molar-refractivity contribution in [2.24, 2.45) is 0 Å². The number of nitrogens with zero attached hydrogens (tertiary/aromatic N) is 4. The highest BCUT2D eigenvalue weighted by atomic mass is 32.1. The molecule has 0 aliphatic carbocycles. The number of thiazole rings is 1. The van der Waals surface area contributed by atoms with E-state index in [0.29, 0.717) is 17.5 Å². The van der Waals surface area contributed by atoms with Gasteiger partial charge < -0.3 is 8.83 Å². The van der Waals surface area contributed by atoms with Gasteiger partial charge in [0.2, 0.25) is 0 Å². The number of hydrogen-bond acceptors (Lipinski definition) is 7. The topological polar surface area (TPSA) is 77.8 Å². The molecular weight excluding hydrogens is 673 g/mol. The van der Waals surface area contributed by atoms with Crippen LogP contribution in [0.1, 0.15) is 0 Å². The second-order valence-corrected chi connectivity index (χ2v) is 14.0. The molecule has 53 heavy (non-hydrogen) atoms. The largest absolute Gasteiger partial charge is 0.456 e. The van der Waals surface area contributed by atoms with E-state index in [9.17, 15) is 0 Å². The number of para-hydroxylation sites is 3. The molecule has 0 saturated carbocycles. The molecule has 11 rings (SSSR count). The third-order valence-electron chi connectivity index (χ3n) is 9.79. The van der Waals surface area contributed by atoms with E-state index in [2.05, 4.69) is 66.7 Å². The summed E-state index contributed by atoms with van der Waals surface area (Å²) < 4.78 is 14.0. The first-order chi connectivity index (χ1) is 26.2. The van der Waals surface area contributed by atoms with Crippen molar-refractivity contribution in [1.29, 1.82) is 0 Å². The summed E-state index contributed by atoms with van der Waals surface area (Å²) in [6, 6.07) is 53.3. The number of hydrogen-bond donors (Lipinski definition) is 0. The first-order valence-electron chi connectivity index (χ1n) is 17.4. The van der Waals surface area contributed by atoms with Gasteiger partial charge in [-0.2, -0.15) is 0 Å². The number of aromatic nitrogens is 4. The summed E-state index contributed by atoms with van der Waals surface area (Å²) in [6.07, 6.45) is 0. The predicted molar refractivity (Wildman–Crippen MR) is 215 cm³/mol. The summed E-state index contributed by atoms with van der Waals surface area (Å²) in [5.74, 6) is 1.72. The third kappa shape index (κ3) is 4.86. The molecule has 0 fully saturated rings. The molecule has 4 heterocycles. The predicted octanol–water partition coefficient (Wildman–Crippen LogP) is 12.6. The van der Waals surface area contributed by atoms with E-state index in [1.54, 1.807) is 11.3 Å². The minimum atomic E-state index is 0.561. The zero-order chi connectivity index (χ0) is 34.9. The Morgan fingerprint density at radius 3 is 1.87 bits per heavy atom. The van der Waals surface area contributed by atoms with Crippen LogP contribution in [0.3, 0.4) is 0 Å². The molecule has 0 spiro atoms. The van der Waals surface area contributed by atoms with Crippen LogP contribution in [0.15, 0.2) is 167 Å². The van der Waals surface area contributed by atoms with Crippen molar-refractivity contribution in [3.05, 3.63) is 158 Å². The van der Waals surface area contributed by atoms with Gasteiger partial charge in [0.25, 0.3) is 0 Å². The van der Waals surface area contributed by atoms with Gasteiger partial charge in [-0.05, 0) is 42.0 Å². The summed E-state index contributed by atoms with van der Waals surface area (Å²) in [4.78, 5) is 20.4. The fourth-order valence-electron chi connectivity index (χ4n) is 7.36. The van der Waals surface area contributed by atoms with Gasteiger partial charge in [0.1, 0.15) is 27.3 Å². The fourth-order valence-corrected chi connectivity index (χ4v) is 8.36. The molecule has 0 amide bonds. The lowest BCUT2D eigenvalue weighted by Crippen LogP contribution is -2.00. The summed E-state index contributed by atoms with van der Waals surface area (Å²) in [5, 5.41) is 5.05. The Bertz CT molecular complexity index is 3160. The molecule has 0 atom stereocenters. The number of rotatable bonds is 5. The van der Waals surface area contributed by atoms with E-state index in [4.69, 9.17) is 28.8 Å². The third-order valence-corrected chi connectivity index (χ3v) is 10.9. The average Bonchev–Trinajstić information content (AvgIpc) is 3.94. The molecule has 0 bridgehead atoms. The van der Waals surface area contributed by atoms with Crippen molar-refractivity contribution in [3.8, 4) is 55.9 Å². The molecule has 248 valence electrons. The molecule has 0 N–H and O–H groups in total. The van der Waals surface area contributed by atoms with Crippen LogP contribution in [0.25, 0.3) is 110 Å². The Labute approximate surface area is 306 Å². The Morgan fingerprint density at radius 2 is 1.00 bits per heavy atom. The fraction of sp³-hybridized carbons (Fsp3) is 0. The Balaban J connectivity index is 1.12. The highest BCUT2D eigenvalue weighted by Crippen LogP contribution is 2.43. The number of benzene rings is 7. The Morgan fingerprint density at radius 1 is 0.396 bits per heavy atom. The van der Waals surface area contributed by atoms with Crippen LogP contribution in [0.2, 0.25) is 0 Å². The van der Waals surface area contributed by atoms with Crippen LogP contribution < -0.4 is 0 Å². The molecule has 4 aromatic heterocycles. The second kappa shape index (κ2) is 11.8. The first kappa shape index (κ1) is 29.7. The van der Waals surface area contributed by atoms with Crippen molar-refractivity contribution in [3.63, 3.8) is 0 Å². The van der Waals surface area contributed by atoms with Crippen molar-refractivity contribution < 1.29 is 8.83 Å². The molecule has 7 heteroatoms. The zero-order valence-electron chi connectivity index (χ0n) is 28.0. The van der Waals surface area contributed by atoms with Gasteiger partial charge >= 0.3 is 0 Å². The molecule has 11 aromatic rings. The normalized spacial score (nSPS) is 11.8. The Kier molecular flexibility index (Phi) is 6.62. The van der Waals surface area contributed by atoms with Crippen molar-refractivity contribution in [2.45, 2.75) is 0 Å². The molecular formula is C46H26N4O2S.